The van der Waals surface area contributed by atoms with E-state index in [9.17, 15) is 0 Å². The standard InChI is InChI=1S/C25H47N2.ClH/c1-5-9-12-15-20-26(21-16-13-10-6-2)25-19-14-17-22-27(25)23-24(8-4)18-11-7-3;/h14,17,19,22,24H,5-13,15-16,18,20-21,23H2,1-4H3;1H/q+1;/p-1. The van der Waals surface area contributed by atoms with E-state index >= 15 is 0 Å². The summed E-state index contributed by atoms with van der Waals surface area (Å²) in [6.45, 7) is 12.9. The van der Waals surface area contributed by atoms with E-state index < -0.39 is 0 Å². The molecule has 1 unspecified atom stereocenters. The molecule has 1 atom stereocenters. The minimum Gasteiger partial charge on any atom is -1.00 e. The van der Waals surface area contributed by atoms with Crippen molar-refractivity contribution in [1.29, 1.82) is 0 Å². The molecule has 1 aromatic heterocycles. The molecule has 0 bridgehead atoms. The summed E-state index contributed by atoms with van der Waals surface area (Å²) in [6.07, 6.45) is 18.4. The molecule has 0 aliphatic carbocycles. The van der Waals surface area contributed by atoms with Crippen molar-refractivity contribution in [3.63, 3.8) is 0 Å². The monoisotopic (exact) mass is 410 g/mol. The van der Waals surface area contributed by atoms with E-state index in [2.05, 4.69) is 61.6 Å². The third-order valence-corrected chi connectivity index (χ3v) is 5.80. The molecule has 3 heteroatoms. The van der Waals surface area contributed by atoms with E-state index in [-0.39, 0.29) is 12.4 Å². The van der Waals surface area contributed by atoms with Gasteiger partial charge in [-0.15, -0.1) is 0 Å². The predicted octanol–water partition coefficient (Wildman–Crippen LogP) is 4.16. The smallest absolute Gasteiger partial charge is 0.276 e. The highest BCUT2D eigenvalue weighted by atomic mass is 35.5. The van der Waals surface area contributed by atoms with Gasteiger partial charge in [0.25, 0.3) is 5.82 Å². The molecule has 1 aromatic rings. The minimum atomic E-state index is 0. The van der Waals surface area contributed by atoms with Crippen LogP contribution in [0.1, 0.15) is 105 Å². The van der Waals surface area contributed by atoms with Crippen molar-refractivity contribution in [2.45, 2.75) is 111 Å². The first-order chi connectivity index (χ1) is 13.3. The Balaban J connectivity index is 0.00000729. The zero-order chi connectivity index (χ0) is 19.7. The van der Waals surface area contributed by atoms with Crippen LogP contribution in [0.15, 0.2) is 24.4 Å². The van der Waals surface area contributed by atoms with E-state index in [1.54, 1.807) is 0 Å². The van der Waals surface area contributed by atoms with Crippen LogP contribution in [0, 0.1) is 5.92 Å². The van der Waals surface area contributed by atoms with Crippen molar-refractivity contribution in [2.75, 3.05) is 18.0 Å². The molecule has 0 amide bonds. The molecule has 0 spiro atoms. The van der Waals surface area contributed by atoms with Gasteiger partial charge in [-0.3, -0.25) is 4.90 Å². The third kappa shape index (κ3) is 11.3. The van der Waals surface area contributed by atoms with Gasteiger partial charge < -0.3 is 12.4 Å². The van der Waals surface area contributed by atoms with Crippen LogP contribution in [0.3, 0.4) is 0 Å². The maximum Gasteiger partial charge on any atom is 0.276 e. The van der Waals surface area contributed by atoms with E-state index in [1.807, 2.05) is 0 Å². The largest absolute Gasteiger partial charge is 1.00 e. The highest BCUT2D eigenvalue weighted by molar-refractivity contribution is 5.32. The predicted molar refractivity (Wildman–Crippen MR) is 120 cm³/mol. The van der Waals surface area contributed by atoms with E-state index in [4.69, 9.17) is 0 Å². The molecular weight excluding hydrogens is 364 g/mol. The van der Waals surface area contributed by atoms with Crippen LogP contribution in [0.4, 0.5) is 5.82 Å². The Morgan fingerprint density at radius 2 is 1.39 bits per heavy atom. The normalized spacial score (nSPS) is 11.9. The van der Waals surface area contributed by atoms with Gasteiger partial charge in [0.15, 0.2) is 0 Å². The van der Waals surface area contributed by atoms with Gasteiger partial charge in [-0.2, -0.15) is 0 Å². The second kappa shape index (κ2) is 18.3. The molecule has 28 heavy (non-hydrogen) atoms. The maximum atomic E-state index is 2.68. The summed E-state index contributed by atoms with van der Waals surface area (Å²) in [5.41, 5.74) is 0. The highest BCUT2D eigenvalue weighted by Crippen LogP contribution is 2.17. The van der Waals surface area contributed by atoms with Gasteiger partial charge in [-0.1, -0.05) is 72.3 Å². The second-order valence-corrected chi connectivity index (χ2v) is 8.24. The summed E-state index contributed by atoms with van der Waals surface area (Å²) in [6, 6.07) is 6.79. The number of hydrogen-bond acceptors (Lipinski definition) is 1. The molecule has 0 N–H and O–H groups in total. The average molecular weight is 411 g/mol. The van der Waals surface area contributed by atoms with Crippen LogP contribution in [0.5, 0.6) is 0 Å². The van der Waals surface area contributed by atoms with Gasteiger partial charge in [-0.25, -0.2) is 4.57 Å². The molecule has 0 aliphatic rings. The van der Waals surface area contributed by atoms with Crippen LogP contribution in [-0.2, 0) is 6.54 Å². The van der Waals surface area contributed by atoms with Crippen molar-refractivity contribution in [3.05, 3.63) is 24.4 Å². The number of nitrogens with zero attached hydrogens (tertiary/aromatic N) is 2. The quantitative estimate of drug-likeness (QED) is 0.276. The molecule has 0 fully saturated rings. The molecule has 0 radical (unpaired) electrons. The lowest BCUT2D eigenvalue weighted by Crippen LogP contribution is -3.00. The first-order valence-electron chi connectivity index (χ1n) is 12.0. The van der Waals surface area contributed by atoms with Gasteiger partial charge in [-0.05, 0) is 50.5 Å². The third-order valence-electron chi connectivity index (χ3n) is 5.80. The van der Waals surface area contributed by atoms with Crippen LogP contribution < -0.4 is 21.9 Å². The zero-order valence-electron chi connectivity index (χ0n) is 19.3. The lowest BCUT2D eigenvalue weighted by atomic mass is 9.99. The lowest BCUT2D eigenvalue weighted by molar-refractivity contribution is -0.691. The summed E-state index contributed by atoms with van der Waals surface area (Å²) in [7, 11) is 0. The number of unbranched alkanes of at least 4 members (excludes halogenated alkanes) is 7. The summed E-state index contributed by atoms with van der Waals surface area (Å²) < 4.78 is 2.55. The molecule has 0 saturated heterocycles. The van der Waals surface area contributed by atoms with Crippen LogP contribution in [-0.4, -0.2) is 13.1 Å². The molecule has 0 aliphatic heterocycles. The summed E-state index contributed by atoms with van der Waals surface area (Å²) in [4.78, 5) is 2.68. The van der Waals surface area contributed by atoms with Crippen molar-refractivity contribution >= 4 is 5.82 Å². The van der Waals surface area contributed by atoms with Crippen molar-refractivity contribution in [3.8, 4) is 0 Å². The Morgan fingerprint density at radius 3 is 1.93 bits per heavy atom. The van der Waals surface area contributed by atoms with Crippen LogP contribution in [0.2, 0.25) is 0 Å². The van der Waals surface area contributed by atoms with E-state index in [1.165, 1.54) is 103 Å². The van der Waals surface area contributed by atoms with Gasteiger partial charge in [0.05, 0.1) is 25.8 Å². The lowest BCUT2D eigenvalue weighted by Gasteiger charge is -2.22. The number of hydrogen-bond donors (Lipinski definition) is 0. The second-order valence-electron chi connectivity index (χ2n) is 8.24. The van der Waals surface area contributed by atoms with Gasteiger partial charge >= 0.3 is 0 Å². The zero-order valence-corrected chi connectivity index (χ0v) is 20.0. The average Bonchev–Trinajstić information content (AvgIpc) is 2.70. The molecule has 0 aromatic carbocycles. The Morgan fingerprint density at radius 1 is 0.786 bits per heavy atom. The van der Waals surface area contributed by atoms with Gasteiger partial charge in [0, 0.05) is 6.07 Å². The number of halogens is 1. The number of rotatable bonds is 17. The maximum absolute atomic E-state index is 2.68. The summed E-state index contributed by atoms with van der Waals surface area (Å²) >= 11 is 0. The Labute approximate surface area is 182 Å². The topological polar surface area (TPSA) is 7.12 Å². The fourth-order valence-corrected chi connectivity index (χ4v) is 3.90. The highest BCUT2D eigenvalue weighted by Gasteiger charge is 2.20. The summed E-state index contributed by atoms with van der Waals surface area (Å²) in [5, 5.41) is 0. The number of anilines is 1. The fourth-order valence-electron chi connectivity index (χ4n) is 3.90. The number of aromatic nitrogens is 1. The Kier molecular flexibility index (Phi) is 17.8. The minimum absolute atomic E-state index is 0. The molecule has 2 nitrogen and oxygen atoms in total. The van der Waals surface area contributed by atoms with Crippen molar-refractivity contribution in [1.82, 2.24) is 0 Å². The molecule has 1 rings (SSSR count). The van der Waals surface area contributed by atoms with Crippen LogP contribution >= 0.6 is 0 Å². The SMILES string of the molecule is CCCCCCN(CCCCCC)c1cccc[n+]1CC(CC)CCCC.[Cl-]. The molecule has 1 heterocycles. The van der Waals surface area contributed by atoms with E-state index in [0.717, 1.165) is 5.92 Å². The Bertz CT molecular complexity index is 452. The number of pyridine rings is 1. The van der Waals surface area contributed by atoms with Gasteiger partial charge in [0.2, 0.25) is 0 Å². The van der Waals surface area contributed by atoms with Crippen LogP contribution in [0.25, 0.3) is 0 Å². The van der Waals surface area contributed by atoms with Crippen molar-refractivity contribution < 1.29 is 17.0 Å². The molecule has 0 saturated carbocycles. The van der Waals surface area contributed by atoms with Crippen molar-refractivity contribution in [2.24, 2.45) is 5.92 Å². The summed E-state index contributed by atoms with van der Waals surface area (Å²) in [5.74, 6) is 2.25. The first-order valence-corrected chi connectivity index (χ1v) is 12.0. The Hall–Kier alpha value is -0.760. The molecular formula is C25H47ClN2. The van der Waals surface area contributed by atoms with Gasteiger partial charge in [0.1, 0.15) is 0 Å². The van der Waals surface area contributed by atoms with E-state index in [0.29, 0.717) is 0 Å². The fraction of sp³-hybridized carbons (Fsp3) is 0.800. The molecule has 164 valence electrons. The first kappa shape index (κ1) is 27.2.